The van der Waals surface area contributed by atoms with Gasteiger partial charge in [-0.25, -0.2) is 0 Å². The van der Waals surface area contributed by atoms with Gasteiger partial charge >= 0.3 is 0 Å². The summed E-state index contributed by atoms with van der Waals surface area (Å²) in [6.45, 7) is 13.4. The molecule has 2 nitrogen and oxygen atoms in total. The molecule has 0 bridgehead atoms. The largest absolute Gasteiger partial charge is 0.312 e. The summed E-state index contributed by atoms with van der Waals surface area (Å²) in [6, 6.07) is 1.55. The third-order valence-electron chi connectivity index (χ3n) is 6.15. The van der Waals surface area contributed by atoms with E-state index in [4.69, 9.17) is 0 Å². The lowest BCUT2D eigenvalue weighted by Gasteiger charge is -2.46. The molecule has 1 saturated carbocycles. The Balaban J connectivity index is 1.95. The number of nitrogens with zero attached hydrogens (tertiary/aromatic N) is 1. The van der Waals surface area contributed by atoms with Crippen molar-refractivity contribution in [3.63, 3.8) is 0 Å². The molecule has 1 N–H and O–H groups in total. The minimum absolute atomic E-state index is 0.748. The Bertz CT molecular complexity index is 281. The van der Waals surface area contributed by atoms with Gasteiger partial charge in [0.15, 0.2) is 0 Å². The summed E-state index contributed by atoms with van der Waals surface area (Å²) in [5.41, 5.74) is 0. The average molecular weight is 295 g/mol. The molecule has 21 heavy (non-hydrogen) atoms. The summed E-state index contributed by atoms with van der Waals surface area (Å²) in [7, 11) is 0. The second kappa shape index (κ2) is 8.53. The van der Waals surface area contributed by atoms with E-state index >= 15 is 0 Å². The third kappa shape index (κ3) is 4.69. The highest BCUT2D eigenvalue weighted by Crippen LogP contribution is 2.34. The summed E-state index contributed by atoms with van der Waals surface area (Å²) in [5.74, 6) is 2.79. The summed E-state index contributed by atoms with van der Waals surface area (Å²) in [5, 5.41) is 3.86. The lowest BCUT2D eigenvalue weighted by molar-refractivity contribution is 0.0550. The van der Waals surface area contributed by atoms with Crippen molar-refractivity contribution >= 4 is 0 Å². The molecular weight excluding hydrogens is 256 g/mol. The summed E-state index contributed by atoms with van der Waals surface area (Å²) in [4.78, 5) is 2.84. The number of hydrogen-bond donors (Lipinski definition) is 1. The maximum Gasteiger partial charge on any atom is 0.0252 e. The topological polar surface area (TPSA) is 15.3 Å². The first-order valence-corrected chi connectivity index (χ1v) is 9.63. The van der Waals surface area contributed by atoms with Crippen molar-refractivity contribution in [2.75, 3.05) is 19.6 Å². The maximum absolute atomic E-state index is 3.86. The smallest absolute Gasteiger partial charge is 0.0252 e. The van der Waals surface area contributed by atoms with E-state index in [0.717, 1.165) is 29.8 Å². The molecule has 0 amide bonds. The average Bonchev–Trinajstić information content (AvgIpc) is 2.52. The standard InChI is InChI=1S/C19H38N2/c1-5-11-20-18-8-7-17(15(3)4)14-19(18)21-12-9-16(6-2)10-13-21/h15-20H,5-14H2,1-4H3. The fraction of sp³-hybridized carbons (Fsp3) is 1.00. The fourth-order valence-corrected chi connectivity index (χ4v) is 4.45. The first-order chi connectivity index (χ1) is 10.2. The quantitative estimate of drug-likeness (QED) is 0.785. The van der Waals surface area contributed by atoms with E-state index < -0.39 is 0 Å². The van der Waals surface area contributed by atoms with Crippen LogP contribution in [0.25, 0.3) is 0 Å². The van der Waals surface area contributed by atoms with Crippen LogP contribution in [0, 0.1) is 17.8 Å². The van der Waals surface area contributed by atoms with E-state index in [1.54, 1.807) is 0 Å². The number of nitrogens with one attached hydrogen (secondary N) is 1. The molecule has 2 heteroatoms. The molecule has 0 spiro atoms. The molecule has 3 atom stereocenters. The zero-order valence-corrected chi connectivity index (χ0v) is 14.9. The van der Waals surface area contributed by atoms with E-state index in [1.807, 2.05) is 0 Å². The molecule has 1 aliphatic heterocycles. The normalized spacial score (nSPS) is 32.7. The van der Waals surface area contributed by atoms with Crippen LogP contribution >= 0.6 is 0 Å². The zero-order valence-electron chi connectivity index (χ0n) is 14.9. The molecule has 0 aromatic carbocycles. The summed E-state index contributed by atoms with van der Waals surface area (Å²) in [6.07, 6.45) is 9.75. The van der Waals surface area contributed by atoms with E-state index in [1.165, 1.54) is 64.6 Å². The van der Waals surface area contributed by atoms with Crippen molar-refractivity contribution in [2.24, 2.45) is 17.8 Å². The van der Waals surface area contributed by atoms with Crippen LogP contribution in [0.3, 0.4) is 0 Å². The second-order valence-corrected chi connectivity index (χ2v) is 7.83. The van der Waals surface area contributed by atoms with Gasteiger partial charge in [0.25, 0.3) is 0 Å². The number of hydrogen-bond acceptors (Lipinski definition) is 2. The highest BCUT2D eigenvalue weighted by molar-refractivity contribution is 4.93. The SMILES string of the molecule is CCCNC1CCC(C(C)C)CC1N1CCC(CC)CC1. The van der Waals surface area contributed by atoms with Crippen molar-refractivity contribution in [1.29, 1.82) is 0 Å². The first kappa shape index (κ1) is 17.3. The van der Waals surface area contributed by atoms with Gasteiger partial charge in [-0.2, -0.15) is 0 Å². The number of piperidine rings is 1. The molecule has 0 aromatic heterocycles. The van der Waals surface area contributed by atoms with Gasteiger partial charge < -0.3 is 5.32 Å². The molecule has 2 rings (SSSR count). The maximum atomic E-state index is 3.86. The highest BCUT2D eigenvalue weighted by Gasteiger charge is 2.36. The second-order valence-electron chi connectivity index (χ2n) is 7.83. The van der Waals surface area contributed by atoms with Crippen molar-refractivity contribution in [2.45, 2.75) is 84.7 Å². The van der Waals surface area contributed by atoms with Gasteiger partial charge in [0.2, 0.25) is 0 Å². The minimum Gasteiger partial charge on any atom is -0.312 e. The monoisotopic (exact) mass is 294 g/mol. The van der Waals surface area contributed by atoms with Gasteiger partial charge in [0.1, 0.15) is 0 Å². The first-order valence-electron chi connectivity index (χ1n) is 9.63. The van der Waals surface area contributed by atoms with Crippen LogP contribution < -0.4 is 5.32 Å². The van der Waals surface area contributed by atoms with Crippen molar-refractivity contribution in [3.8, 4) is 0 Å². The van der Waals surface area contributed by atoms with Gasteiger partial charge in [-0.15, -0.1) is 0 Å². The summed E-state index contributed by atoms with van der Waals surface area (Å²) < 4.78 is 0. The fourth-order valence-electron chi connectivity index (χ4n) is 4.45. The molecule has 0 aromatic rings. The Labute approximate surface area is 133 Å². The molecule has 1 saturated heterocycles. The molecular formula is C19H38N2. The lowest BCUT2D eigenvalue weighted by Crippen LogP contribution is -2.55. The Morgan fingerprint density at radius 1 is 1.05 bits per heavy atom. The lowest BCUT2D eigenvalue weighted by atomic mass is 9.75. The van der Waals surface area contributed by atoms with Crippen LogP contribution in [0.15, 0.2) is 0 Å². The van der Waals surface area contributed by atoms with Crippen LogP contribution in [0.2, 0.25) is 0 Å². The van der Waals surface area contributed by atoms with Crippen molar-refractivity contribution in [3.05, 3.63) is 0 Å². The van der Waals surface area contributed by atoms with Gasteiger partial charge in [0, 0.05) is 12.1 Å². The van der Waals surface area contributed by atoms with Crippen LogP contribution in [-0.2, 0) is 0 Å². The van der Waals surface area contributed by atoms with Gasteiger partial charge in [0.05, 0.1) is 0 Å². The molecule has 3 unspecified atom stereocenters. The molecule has 2 aliphatic rings. The van der Waals surface area contributed by atoms with E-state index in [-0.39, 0.29) is 0 Å². The van der Waals surface area contributed by atoms with Crippen LogP contribution in [-0.4, -0.2) is 36.6 Å². The minimum atomic E-state index is 0.748. The molecule has 124 valence electrons. The third-order valence-corrected chi connectivity index (χ3v) is 6.15. The molecule has 1 heterocycles. The van der Waals surface area contributed by atoms with E-state index in [2.05, 4.69) is 37.9 Å². The van der Waals surface area contributed by atoms with Gasteiger partial charge in [-0.1, -0.05) is 34.1 Å². The number of rotatable bonds is 6. The van der Waals surface area contributed by atoms with E-state index in [0.29, 0.717) is 0 Å². The Hall–Kier alpha value is -0.0800. The predicted octanol–water partition coefficient (Wildman–Crippen LogP) is 4.30. The van der Waals surface area contributed by atoms with Crippen molar-refractivity contribution < 1.29 is 0 Å². The van der Waals surface area contributed by atoms with Gasteiger partial charge in [-0.05, 0) is 75.9 Å². The Morgan fingerprint density at radius 3 is 2.33 bits per heavy atom. The molecule has 1 aliphatic carbocycles. The van der Waals surface area contributed by atoms with Crippen LogP contribution in [0.1, 0.15) is 72.6 Å². The zero-order chi connectivity index (χ0) is 15.2. The molecule has 0 radical (unpaired) electrons. The number of likely N-dealkylation sites (tertiary alicyclic amines) is 1. The highest BCUT2D eigenvalue weighted by atomic mass is 15.2. The Morgan fingerprint density at radius 2 is 1.76 bits per heavy atom. The van der Waals surface area contributed by atoms with E-state index in [9.17, 15) is 0 Å². The van der Waals surface area contributed by atoms with Crippen molar-refractivity contribution in [1.82, 2.24) is 10.2 Å². The summed E-state index contributed by atoms with van der Waals surface area (Å²) >= 11 is 0. The van der Waals surface area contributed by atoms with Crippen LogP contribution in [0.5, 0.6) is 0 Å². The predicted molar refractivity (Wildman–Crippen MR) is 92.6 cm³/mol. The molecule has 2 fully saturated rings. The van der Waals surface area contributed by atoms with Crippen LogP contribution in [0.4, 0.5) is 0 Å². The van der Waals surface area contributed by atoms with Gasteiger partial charge in [-0.3, -0.25) is 4.90 Å². The Kier molecular flexibility index (Phi) is 7.01.